The number of hydrogen-bond acceptors (Lipinski definition) is 4. The van der Waals surface area contributed by atoms with Gasteiger partial charge in [-0.25, -0.2) is 9.59 Å². The average Bonchev–Trinajstić information content (AvgIpc) is 2.52. The summed E-state index contributed by atoms with van der Waals surface area (Å²) in [7, 11) is 0. The van der Waals surface area contributed by atoms with Crippen LogP contribution in [0.25, 0.3) is 0 Å². The zero-order chi connectivity index (χ0) is 15.3. The second-order valence-electron chi connectivity index (χ2n) is 6.01. The molecule has 21 heavy (non-hydrogen) atoms. The Morgan fingerprint density at radius 2 is 1.48 bits per heavy atom. The van der Waals surface area contributed by atoms with Crippen LogP contribution in [0.3, 0.4) is 0 Å². The van der Waals surface area contributed by atoms with E-state index in [1.807, 2.05) is 0 Å². The number of hydrogen-bond donors (Lipinski definition) is 0. The fourth-order valence-electron chi connectivity index (χ4n) is 2.71. The molecule has 1 rings (SSSR count). The number of rotatable bonds is 9. The van der Waals surface area contributed by atoms with E-state index in [1.54, 1.807) is 0 Å². The van der Waals surface area contributed by atoms with Gasteiger partial charge in [-0.15, -0.1) is 0 Å². The van der Waals surface area contributed by atoms with Crippen LogP contribution in [-0.2, 0) is 19.1 Å². The molecule has 0 aliphatic heterocycles. The highest BCUT2D eigenvalue weighted by atomic mass is 16.6. The molecule has 0 spiro atoms. The highest BCUT2D eigenvalue weighted by Gasteiger charge is 2.20. The van der Waals surface area contributed by atoms with Crippen molar-refractivity contribution in [3.63, 3.8) is 0 Å². The minimum Gasteiger partial charge on any atom is -0.457 e. The van der Waals surface area contributed by atoms with E-state index in [-0.39, 0.29) is 0 Å². The van der Waals surface area contributed by atoms with Crippen LogP contribution in [0.2, 0.25) is 0 Å². The van der Waals surface area contributed by atoms with Crippen LogP contribution < -0.4 is 0 Å². The lowest BCUT2D eigenvalue weighted by Gasteiger charge is -2.20. The average molecular weight is 298 g/mol. The summed E-state index contributed by atoms with van der Waals surface area (Å²) in [5.74, 6) is -1.24. The Balaban J connectivity index is 1.99. The molecule has 1 aliphatic carbocycles. The topological polar surface area (TPSA) is 52.6 Å². The van der Waals surface area contributed by atoms with Crippen LogP contribution >= 0.6 is 0 Å². The van der Waals surface area contributed by atoms with Crippen molar-refractivity contribution in [3.05, 3.63) is 0 Å². The number of carbonyl (C=O) groups is 2. The normalized spacial score (nSPS) is 15.7. The third kappa shape index (κ3) is 8.74. The Hall–Kier alpha value is -1.06. The summed E-state index contributed by atoms with van der Waals surface area (Å²) >= 11 is 0. The first kappa shape index (κ1) is 18.0. The van der Waals surface area contributed by atoms with Gasteiger partial charge in [0, 0.05) is 0 Å². The molecule has 0 unspecified atom stereocenters. The molecule has 4 heteroatoms. The standard InChI is InChI=1S/C17H30O4/c1-2-3-4-5-6-10-13-20-16(18)17(19)21-14-15-11-8-7-9-12-15/h15H,2-14H2,1H3. The zero-order valence-corrected chi connectivity index (χ0v) is 13.4. The molecule has 0 aromatic rings. The third-order valence-electron chi connectivity index (χ3n) is 4.07. The maximum atomic E-state index is 11.5. The van der Waals surface area contributed by atoms with Gasteiger partial charge in [-0.2, -0.15) is 0 Å². The maximum absolute atomic E-state index is 11.5. The molecule has 1 saturated carbocycles. The van der Waals surface area contributed by atoms with Crippen LogP contribution in [0.5, 0.6) is 0 Å². The van der Waals surface area contributed by atoms with Crippen molar-refractivity contribution in [1.82, 2.24) is 0 Å². The maximum Gasteiger partial charge on any atom is 0.417 e. The first-order valence-electron chi connectivity index (χ1n) is 8.58. The number of unbranched alkanes of at least 4 members (excludes halogenated alkanes) is 5. The van der Waals surface area contributed by atoms with Crippen molar-refractivity contribution < 1.29 is 19.1 Å². The number of carbonyl (C=O) groups excluding carboxylic acids is 2. The molecule has 0 aromatic carbocycles. The van der Waals surface area contributed by atoms with Crippen molar-refractivity contribution in [3.8, 4) is 0 Å². The van der Waals surface area contributed by atoms with Crippen molar-refractivity contribution in [1.29, 1.82) is 0 Å². The largest absolute Gasteiger partial charge is 0.457 e. The molecule has 0 amide bonds. The fraction of sp³-hybridized carbons (Fsp3) is 0.882. The van der Waals surface area contributed by atoms with Gasteiger partial charge in [0.25, 0.3) is 0 Å². The van der Waals surface area contributed by atoms with E-state index in [0.717, 1.165) is 32.1 Å². The molecule has 0 aromatic heterocycles. The van der Waals surface area contributed by atoms with E-state index < -0.39 is 11.9 Å². The van der Waals surface area contributed by atoms with Crippen LogP contribution in [0.1, 0.15) is 77.6 Å². The lowest BCUT2D eigenvalue weighted by Crippen LogP contribution is -2.24. The number of esters is 2. The molecule has 0 atom stereocenters. The van der Waals surface area contributed by atoms with Gasteiger partial charge in [0.1, 0.15) is 0 Å². The lowest BCUT2D eigenvalue weighted by atomic mass is 9.90. The first-order chi connectivity index (χ1) is 10.2. The van der Waals surface area contributed by atoms with Gasteiger partial charge >= 0.3 is 11.9 Å². The Morgan fingerprint density at radius 1 is 0.857 bits per heavy atom. The molecular weight excluding hydrogens is 268 g/mol. The third-order valence-corrected chi connectivity index (χ3v) is 4.07. The van der Waals surface area contributed by atoms with Gasteiger partial charge < -0.3 is 9.47 Å². The van der Waals surface area contributed by atoms with Gasteiger partial charge in [0.2, 0.25) is 0 Å². The van der Waals surface area contributed by atoms with Crippen LogP contribution in [0.15, 0.2) is 0 Å². The predicted molar refractivity (Wildman–Crippen MR) is 81.9 cm³/mol. The van der Waals surface area contributed by atoms with Crippen LogP contribution in [-0.4, -0.2) is 25.2 Å². The molecular formula is C17H30O4. The minimum absolute atomic E-state index is 0.323. The Bertz CT molecular complexity index is 295. The van der Waals surface area contributed by atoms with Gasteiger partial charge in [-0.1, -0.05) is 58.3 Å². The van der Waals surface area contributed by atoms with Gasteiger partial charge in [-0.3, -0.25) is 0 Å². The Morgan fingerprint density at radius 3 is 2.19 bits per heavy atom. The van der Waals surface area contributed by atoms with E-state index >= 15 is 0 Å². The molecule has 4 nitrogen and oxygen atoms in total. The van der Waals surface area contributed by atoms with Crippen molar-refractivity contribution in [2.24, 2.45) is 5.92 Å². The van der Waals surface area contributed by atoms with Crippen molar-refractivity contribution in [2.45, 2.75) is 77.6 Å². The Kier molecular flexibility index (Phi) is 9.92. The summed E-state index contributed by atoms with van der Waals surface area (Å²) in [5.41, 5.74) is 0. The monoisotopic (exact) mass is 298 g/mol. The summed E-state index contributed by atoms with van der Waals surface area (Å²) in [4.78, 5) is 22.9. The molecule has 122 valence electrons. The molecule has 0 heterocycles. The van der Waals surface area contributed by atoms with Crippen LogP contribution in [0.4, 0.5) is 0 Å². The summed E-state index contributed by atoms with van der Waals surface area (Å²) < 4.78 is 9.98. The Labute approximate surface area is 128 Å². The second kappa shape index (κ2) is 11.6. The zero-order valence-electron chi connectivity index (χ0n) is 13.4. The summed E-state index contributed by atoms with van der Waals surface area (Å²) in [6.07, 6.45) is 12.6. The molecule has 1 fully saturated rings. The molecule has 0 bridgehead atoms. The SMILES string of the molecule is CCCCCCCCOC(=O)C(=O)OCC1CCCCC1. The predicted octanol–water partition coefficient (Wildman–Crippen LogP) is 4.01. The molecule has 0 saturated heterocycles. The summed E-state index contributed by atoms with van der Waals surface area (Å²) in [5, 5.41) is 0. The van der Waals surface area contributed by atoms with E-state index in [4.69, 9.17) is 9.47 Å². The van der Waals surface area contributed by atoms with Gasteiger partial charge in [-0.05, 0) is 25.2 Å². The van der Waals surface area contributed by atoms with E-state index in [9.17, 15) is 9.59 Å². The quantitative estimate of drug-likeness (QED) is 0.366. The highest BCUT2D eigenvalue weighted by Crippen LogP contribution is 2.23. The number of ether oxygens (including phenoxy) is 2. The van der Waals surface area contributed by atoms with E-state index in [2.05, 4.69) is 6.92 Å². The summed E-state index contributed by atoms with van der Waals surface area (Å²) in [6.45, 7) is 2.87. The van der Waals surface area contributed by atoms with Gasteiger partial charge in [0.15, 0.2) is 0 Å². The van der Waals surface area contributed by atoms with Crippen molar-refractivity contribution >= 4 is 11.9 Å². The van der Waals surface area contributed by atoms with Crippen LogP contribution in [0, 0.1) is 5.92 Å². The van der Waals surface area contributed by atoms with Gasteiger partial charge in [0.05, 0.1) is 13.2 Å². The fourth-order valence-corrected chi connectivity index (χ4v) is 2.71. The summed E-state index contributed by atoms with van der Waals surface area (Å²) in [6, 6.07) is 0. The van der Waals surface area contributed by atoms with Crippen molar-refractivity contribution in [2.75, 3.05) is 13.2 Å². The molecule has 0 N–H and O–H groups in total. The molecule has 0 radical (unpaired) electrons. The highest BCUT2D eigenvalue weighted by molar-refractivity contribution is 6.29. The van der Waals surface area contributed by atoms with E-state index in [1.165, 1.54) is 38.5 Å². The second-order valence-corrected chi connectivity index (χ2v) is 6.01. The lowest BCUT2D eigenvalue weighted by molar-refractivity contribution is -0.168. The smallest absolute Gasteiger partial charge is 0.417 e. The molecule has 1 aliphatic rings. The first-order valence-corrected chi connectivity index (χ1v) is 8.58. The minimum atomic E-state index is -0.834. The van der Waals surface area contributed by atoms with E-state index in [0.29, 0.717) is 19.1 Å².